The predicted octanol–water partition coefficient (Wildman–Crippen LogP) is 3.11. The van der Waals surface area contributed by atoms with Gasteiger partial charge >= 0.3 is 0 Å². The number of ether oxygens (including phenoxy) is 2. The van der Waals surface area contributed by atoms with E-state index in [0.717, 1.165) is 5.56 Å². The number of halogens is 1. The third kappa shape index (κ3) is 5.35. The van der Waals surface area contributed by atoms with Gasteiger partial charge in [-0.3, -0.25) is 9.69 Å². The van der Waals surface area contributed by atoms with E-state index in [4.69, 9.17) is 21.1 Å². The zero-order valence-corrected chi connectivity index (χ0v) is 15.9. The minimum Gasteiger partial charge on any atom is -0.486 e. The van der Waals surface area contributed by atoms with E-state index in [-0.39, 0.29) is 12.5 Å². The van der Waals surface area contributed by atoms with Gasteiger partial charge in [-0.05, 0) is 36.4 Å². The molecule has 2 N–H and O–H groups in total. The summed E-state index contributed by atoms with van der Waals surface area (Å²) in [7, 11) is 0. The Kier molecular flexibility index (Phi) is 6.55. The number of amides is 1. The van der Waals surface area contributed by atoms with Crippen molar-refractivity contribution in [3.63, 3.8) is 0 Å². The molecule has 2 aromatic carbocycles. The molecule has 2 aromatic rings. The molecule has 0 bridgehead atoms. The van der Waals surface area contributed by atoms with Gasteiger partial charge in [0, 0.05) is 23.3 Å². The van der Waals surface area contributed by atoms with Crippen LogP contribution in [0, 0.1) is 0 Å². The van der Waals surface area contributed by atoms with Gasteiger partial charge in [0.1, 0.15) is 13.2 Å². The van der Waals surface area contributed by atoms with Gasteiger partial charge < -0.3 is 19.9 Å². The average Bonchev–Trinajstić information content (AvgIpc) is 2.67. The fourth-order valence-electron chi connectivity index (χ4n) is 2.89. The van der Waals surface area contributed by atoms with Crippen LogP contribution in [0.4, 0.5) is 5.69 Å². The number of carbonyl (C=O) groups excluding carboxylic acids is 1. The van der Waals surface area contributed by atoms with Crippen molar-refractivity contribution >= 4 is 23.2 Å². The molecule has 0 saturated heterocycles. The normalized spacial score (nSPS) is 14.1. The molecule has 3 rings (SSSR count). The van der Waals surface area contributed by atoms with Crippen LogP contribution in [0.1, 0.15) is 18.6 Å². The summed E-state index contributed by atoms with van der Waals surface area (Å²) >= 11 is 5.98. The minimum absolute atomic E-state index is 0.160. The Hall–Kier alpha value is -2.28. The lowest BCUT2D eigenvalue weighted by Crippen LogP contribution is -2.36. The van der Waals surface area contributed by atoms with Crippen molar-refractivity contribution in [1.29, 1.82) is 0 Å². The molecule has 0 fully saturated rings. The third-order valence-electron chi connectivity index (χ3n) is 4.30. The van der Waals surface area contributed by atoms with Crippen LogP contribution in [0.2, 0.25) is 5.02 Å². The van der Waals surface area contributed by atoms with Crippen LogP contribution in [0.15, 0.2) is 42.5 Å². The van der Waals surface area contributed by atoms with Crippen molar-refractivity contribution < 1.29 is 19.4 Å². The Morgan fingerprint density at radius 2 is 2.00 bits per heavy atom. The average molecular weight is 391 g/mol. The third-order valence-corrected chi connectivity index (χ3v) is 4.54. The summed E-state index contributed by atoms with van der Waals surface area (Å²) in [6, 6.07) is 12.4. The molecular weight excluding hydrogens is 368 g/mol. The highest BCUT2D eigenvalue weighted by Gasteiger charge is 2.17. The van der Waals surface area contributed by atoms with Crippen LogP contribution in [0.5, 0.6) is 11.5 Å². The quantitative estimate of drug-likeness (QED) is 0.760. The summed E-state index contributed by atoms with van der Waals surface area (Å²) in [5.74, 6) is 1.15. The first-order valence-electron chi connectivity index (χ1n) is 8.90. The Bertz CT molecular complexity index is 799. The molecule has 0 aromatic heterocycles. The predicted molar refractivity (Wildman–Crippen MR) is 105 cm³/mol. The second-order valence-electron chi connectivity index (χ2n) is 6.31. The van der Waals surface area contributed by atoms with Crippen molar-refractivity contribution in [2.24, 2.45) is 0 Å². The largest absolute Gasteiger partial charge is 0.486 e. The molecule has 7 heteroatoms. The molecule has 0 aliphatic carbocycles. The summed E-state index contributed by atoms with van der Waals surface area (Å²) in [5.41, 5.74) is 1.38. The number of nitrogens with one attached hydrogen (secondary N) is 1. The standard InChI is InChI=1S/C20H23ClN2O4/c1-2-23(12-17(24)14-4-3-5-15(21)10-14)13-20(25)22-16-6-7-18-19(11-16)27-9-8-26-18/h3-7,10-11,17,24H,2,8-9,12-13H2,1H3,(H,22,25)/t17-/m0/s1. The van der Waals surface area contributed by atoms with Crippen LogP contribution < -0.4 is 14.8 Å². The Labute approximate surface area is 163 Å². The summed E-state index contributed by atoms with van der Waals surface area (Å²) in [4.78, 5) is 14.3. The van der Waals surface area contributed by atoms with E-state index in [0.29, 0.717) is 48.5 Å². The minimum atomic E-state index is -0.717. The van der Waals surface area contributed by atoms with Crippen molar-refractivity contribution in [1.82, 2.24) is 4.90 Å². The number of aliphatic hydroxyl groups is 1. The zero-order valence-electron chi connectivity index (χ0n) is 15.2. The number of fused-ring (bicyclic) bond motifs is 1. The van der Waals surface area contributed by atoms with Crippen LogP contribution in [-0.4, -0.2) is 48.8 Å². The molecule has 1 amide bonds. The van der Waals surface area contributed by atoms with Gasteiger partial charge in [-0.15, -0.1) is 0 Å². The number of anilines is 1. The summed E-state index contributed by atoms with van der Waals surface area (Å²) in [6.45, 7) is 4.11. The van der Waals surface area contributed by atoms with Crippen LogP contribution in [0.25, 0.3) is 0 Å². The van der Waals surface area contributed by atoms with E-state index in [1.54, 1.807) is 36.4 Å². The molecule has 1 aliphatic heterocycles. The van der Waals surface area contributed by atoms with E-state index in [1.165, 1.54) is 0 Å². The maximum Gasteiger partial charge on any atom is 0.238 e. The lowest BCUT2D eigenvalue weighted by Gasteiger charge is -2.23. The van der Waals surface area contributed by atoms with Crippen LogP contribution in [0.3, 0.4) is 0 Å². The van der Waals surface area contributed by atoms with Crippen molar-refractivity contribution in [3.8, 4) is 11.5 Å². The molecule has 1 aliphatic rings. The van der Waals surface area contributed by atoms with Crippen LogP contribution >= 0.6 is 11.6 Å². The van der Waals surface area contributed by atoms with Crippen molar-refractivity contribution in [2.75, 3.05) is 38.2 Å². The lowest BCUT2D eigenvalue weighted by molar-refractivity contribution is -0.117. The first-order valence-corrected chi connectivity index (χ1v) is 9.28. The second-order valence-corrected chi connectivity index (χ2v) is 6.74. The van der Waals surface area contributed by atoms with Crippen molar-refractivity contribution in [3.05, 3.63) is 53.1 Å². The zero-order chi connectivity index (χ0) is 19.2. The molecule has 27 heavy (non-hydrogen) atoms. The topological polar surface area (TPSA) is 71.0 Å². The van der Waals surface area contributed by atoms with Gasteiger partial charge in [0.2, 0.25) is 5.91 Å². The fraction of sp³-hybridized carbons (Fsp3) is 0.350. The number of aliphatic hydroxyl groups excluding tert-OH is 1. The molecule has 0 unspecified atom stereocenters. The Balaban J connectivity index is 1.56. The van der Waals surface area contributed by atoms with Gasteiger partial charge in [0.05, 0.1) is 12.6 Å². The fourth-order valence-corrected chi connectivity index (χ4v) is 3.09. The number of carbonyl (C=O) groups is 1. The first kappa shape index (κ1) is 19.5. The molecular formula is C20H23ClN2O4. The highest BCUT2D eigenvalue weighted by Crippen LogP contribution is 2.32. The smallest absolute Gasteiger partial charge is 0.238 e. The van der Waals surface area contributed by atoms with Gasteiger partial charge in [-0.25, -0.2) is 0 Å². The second kappa shape index (κ2) is 9.08. The lowest BCUT2D eigenvalue weighted by atomic mass is 10.1. The maximum absolute atomic E-state index is 12.4. The molecule has 0 saturated carbocycles. The molecule has 1 heterocycles. The Morgan fingerprint density at radius 1 is 1.22 bits per heavy atom. The van der Waals surface area contributed by atoms with E-state index < -0.39 is 6.10 Å². The molecule has 6 nitrogen and oxygen atoms in total. The SMILES string of the molecule is CCN(CC(=O)Nc1ccc2c(c1)OCCO2)C[C@H](O)c1cccc(Cl)c1. The van der Waals surface area contributed by atoms with E-state index in [2.05, 4.69) is 5.32 Å². The van der Waals surface area contributed by atoms with Gasteiger partial charge in [-0.1, -0.05) is 30.7 Å². The molecule has 0 radical (unpaired) electrons. The summed E-state index contributed by atoms with van der Waals surface area (Å²) < 4.78 is 11.0. The number of hydrogen-bond acceptors (Lipinski definition) is 5. The summed E-state index contributed by atoms with van der Waals surface area (Å²) in [5, 5.41) is 13.9. The highest BCUT2D eigenvalue weighted by atomic mass is 35.5. The number of nitrogens with zero attached hydrogens (tertiary/aromatic N) is 1. The van der Waals surface area contributed by atoms with Gasteiger partial charge in [0.15, 0.2) is 11.5 Å². The van der Waals surface area contributed by atoms with E-state index >= 15 is 0 Å². The Morgan fingerprint density at radius 3 is 2.74 bits per heavy atom. The van der Waals surface area contributed by atoms with E-state index in [1.807, 2.05) is 17.9 Å². The first-order chi connectivity index (χ1) is 13.0. The maximum atomic E-state index is 12.4. The summed E-state index contributed by atoms with van der Waals surface area (Å²) in [6.07, 6.45) is -0.717. The molecule has 0 spiro atoms. The van der Waals surface area contributed by atoms with Gasteiger partial charge in [-0.2, -0.15) is 0 Å². The number of hydrogen-bond donors (Lipinski definition) is 2. The van der Waals surface area contributed by atoms with Crippen molar-refractivity contribution in [2.45, 2.75) is 13.0 Å². The monoisotopic (exact) mass is 390 g/mol. The van der Waals surface area contributed by atoms with Crippen LogP contribution in [-0.2, 0) is 4.79 Å². The van der Waals surface area contributed by atoms with E-state index in [9.17, 15) is 9.90 Å². The highest BCUT2D eigenvalue weighted by molar-refractivity contribution is 6.30. The van der Waals surface area contributed by atoms with Gasteiger partial charge in [0.25, 0.3) is 0 Å². The molecule has 1 atom stereocenters. The number of rotatable bonds is 7. The molecule has 144 valence electrons. The number of likely N-dealkylation sites (N-methyl/N-ethyl adjacent to an activating group) is 1. The number of benzene rings is 2.